The van der Waals surface area contributed by atoms with Crippen molar-refractivity contribution in [2.75, 3.05) is 14.1 Å². The Kier molecular flexibility index (Phi) is 3.27. The fraction of sp³-hybridized carbons (Fsp3) is 1.00. The summed E-state index contributed by atoms with van der Waals surface area (Å²) in [6.45, 7) is 3.97. The Bertz CT molecular complexity index is 79.1. The molecule has 0 aliphatic rings. The Morgan fingerprint density at radius 3 is 1.56 bits per heavy atom. The summed E-state index contributed by atoms with van der Waals surface area (Å²) in [4.78, 5) is 1.79. The molecular weight excluding hydrogens is 157 g/mol. The molecule has 0 saturated heterocycles. The van der Waals surface area contributed by atoms with Crippen molar-refractivity contribution in [3.63, 3.8) is 0 Å². The third kappa shape index (κ3) is 2.32. The van der Waals surface area contributed by atoms with Gasteiger partial charge in [-0.25, -0.2) is 0 Å². The van der Waals surface area contributed by atoms with Crippen molar-refractivity contribution in [3.8, 4) is 0 Å². The Morgan fingerprint density at radius 1 is 1.22 bits per heavy atom. The van der Waals surface area contributed by atoms with Crippen LogP contribution in [0.3, 0.4) is 0 Å². The van der Waals surface area contributed by atoms with Crippen LogP contribution in [0.5, 0.6) is 0 Å². The van der Waals surface area contributed by atoms with Crippen molar-refractivity contribution < 1.29 is 0 Å². The van der Waals surface area contributed by atoms with Crippen LogP contribution in [0.2, 0.25) is 0 Å². The lowest BCUT2D eigenvalue weighted by Gasteiger charge is -2.30. The summed E-state index contributed by atoms with van der Waals surface area (Å²) in [5.74, 6) is 0.246. The van der Waals surface area contributed by atoms with Crippen molar-refractivity contribution >= 4 is 23.2 Å². The van der Waals surface area contributed by atoms with Gasteiger partial charge in [0.25, 0.3) is 0 Å². The first-order chi connectivity index (χ1) is 3.89. The van der Waals surface area contributed by atoms with Gasteiger partial charge in [0.2, 0.25) is 0 Å². The molecule has 9 heavy (non-hydrogen) atoms. The van der Waals surface area contributed by atoms with Gasteiger partial charge < -0.3 is 0 Å². The standard InChI is InChI=1S/C6H13Cl2N/c1-5(2)6(7,8)9(3)4/h5H,1-4H3. The van der Waals surface area contributed by atoms with Gasteiger partial charge in [-0.15, -0.1) is 0 Å². The van der Waals surface area contributed by atoms with Crippen LogP contribution in [-0.4, -0.2) is 23.5 Å². The molecule has 0 fully saturated rings. The number of halogens is 2. The molecule has 0 aromatic rings. The van der Waals surface area contributed by atoms with E-state index in [0.717, 1.165) is 0 Å². The fourth-order valence-corrected chi connectivity index (χ4v) is 0.516. The summed E-state index contributed by atoms with van der Waals surface area (Å²) in [7, 11) is 3.72. The van der Waals surface area contributed by atoms with E-state index >= 15 is 0 Å². The van der Waals surface area contributed by atoms with Gasteiger partial charge in [-0.05, 0) is 20.0 Å². The molecule has 0 amide bonds. The summed E-state index contributed by atoms with van der Waals surface area (Å²) in [5.41, 5.74) is 0. The molecular formula is C6H13Cl2N. The lowest BCUT2D eigenvalue weighted by Crippen LogP contribution is -2.37. The van der Waals surface area contributed by atoms with Gasteiger partial charge in [0.05, 0.1) is 0 Å². The molecule has 3 heteroatoms. The molecule has 0 spiro atoms. The number of alkyl halides is 2. The second kappa shape index (κ2) is 3.09. The molecule has 1 nitrogen and oxygen atoms in total. The monoisotopic (exact) mass is 169 g/mol. The van der Waals surface area contributed by atoms with E-state index in [-0.39, 0.29) is 5.92 Å². The topological polar surface area (TPSA) is 3.24 Å². The zero-order chi connectivity index (χ0) is 7.65. The summed E-state index contributed by atoms with van der Waals surface area (Å²) in [6, 6.07) is 0. The van der Waals surface area contributed by atoms with E-state index in [1.165, 1.54) is 0 Å². The van der Waals surface area contributed by atoms with Gasteiger partial charge in [0, 0.05) is 0 Å². The summed E-state index contributed by atoms with van der Waals surface area (Å²) in [5, 5.41) is 0. The molecule has 0 aliphatic heterocycles. The highest BCUT2D eigenvalue weighted by Crippen LogP contribution is 2.31. The third-order valence-corrected chi connectivity index (χ3v) is 2.84. The second-order valence-corrected chi connectivity index (χ2v) is 3.98. The van der Waals surface area contributed by atoms with Gasteiger partial charge in [-0.1, -0.05) is 37.0 Å². The first-order valence-corrected chi connectivity index (χ1v) is 3.70. The van der Waals surface area contributed by atoms with Crippen LogP contribution in [0.15, 0.2) is 0 Å². The minimum atomic E-state index is -0.722. The highest BCUT2D eigenvalue weighted by molar-refractivity contribution is 6.48. The molecule has 0 unspecified atom stereocenters. The minimum Gasteiger partial charge on any atom is -0.278 e. The molecule has 0 atom stereocenters. The Balaban J connectivity index is 4.01. The van der Waals surface area contributed by atoms with Crippen molar-refractivity contribution in [1.82, 2.24) is 4.90 Å². The van der Waals surface area contributed by atoms with Crippen molar-refractivity contribution in [1.29, 1.82) is 0 Å². The SMILES string of the molecule is CC(C)C(Cl)(Cl)N(C)C. The molecule has 0 bridgehead atoms. The second-order valence-electron chi connectivity index (χ2n) is 2.64. The highest BCUT2D eigenvalue weighted by atomic mass is 35.5. The summed E-state index contributed by atoms with van der Waals surface area (Å²) < 4.78 is -0.722. The van der Waals surface area contributed by atoms with Crippen LogP contribution in [-0.2, 0) is 0 Å². The van der Waals surface area contributed by atoms with Gasteiger partial charge in [0.1, 0.15) is 0 Å². The predicted molar refractivity (Wildman–Crippen MR) is 43.0 cm³/mol. The molecule has 56 valence electrons. The van der Waals surface area contributed by atoms with Crippen LogP contribution >= 0.6 is 23.2 Å². The zero-order valence-corrected chi connectivity index (χ0v) is 7.79. The van der Waals surface area contributed by atoms with Crippen molar-refractivity contribution in [2.45, 2.75) is 18.3 Å². The maximum atomic E-state index is 5.90. The molecule has 0 rings (SSSR count). The zero-order valence-electron chi connectivity index (χ0n) is 6.28. The van der Waals surface area contributed by atoms with E-state index in [4.69, 9.17) is 23.2 Å². The van der Waals surface area contributed by atoms with E-state index in [0.29, 0.717) is 0 Å². The smallest absolute Gasteiger partial charge is 0.173 e. The van der Waals surface area contributed by atoms with E-state index in [2.05, 4.69) is 0 Å². The lowest BCUT2D eigenvalue weighted by molar-refractivity contribution is 0.272. The molecule has 0 heterocycles. The van der Waals surface area contributed by atoms with E-state index in [9.17, 15) is 0 Å². The molecule has 0 N–H and O–H groups in total. The molecule has 0 radical (unpaired) electrons. The van der Waals surface area contributed by atoms with Crippen LogP contribution in [0.25, 0.3) is 0 Å². The maximum absolute atomic E-state index is 5.90. The fourth-order valence-electron chi connectivity index (χ4n) is 0.516. The lowest BCUT2D eigenvalue weighted by atomic mass is 10.2. The average molecular weight is 170 g/mol. The van der Waals surface area contributed by atoms with Crippen LogP contribution < -0.4 is 0 Å². The van der Waals surface area contributed by atoms with E-state index in [1.807, 2.05) is 27.9 Å². The van der Waals surface area contributed by atoms with Crippen LogP contribution in [0, 0.1) is 5.92 Å². The largest absolute Gasteiger partial charge is 0.278 e. The third-order valence-electron chi connectivity index (χ3n) is 1.29. The normalized spacial score (nSPS) is 13.3. The van der Waals surface area contributed by atoms with Gasteiger partial charge in [-0.2, -0.15) is 0 Å². The molecule has 0 aromatic heterocycles. The average Bonchev–Trinajstić information content (AvgIpc) is 1.65. The van der Waals surface area contributed by atoms with Gasteiger partial charge >= 0.3 is 0 Å². The Hall–Kier alpha value is 0.540. The quantitative estimate of drug-likeness (QED) is 0.454. The van der Waals surface area contributed by atoms with Crippen LogP contribution in [0.4, 0.5) is 0 Å². The summed E-state index contributed by atoms with van der Waals surface area (Å²) >= 11 is 11.8. The van der Waals surface area contributed by atoms with Crippen molar-refractivity contribution in [2.24, 2.45) is 5.92 Å². The van der Waals surface area contributed by atoms with Gasteiger partial charge in [0.15, 0.2) is 4.46 Å². The Morgan fingerprint density at radius 2 is 1.56 bits per heavy atom. The number of rotatable bonds is 2. The molecule has 0 aliphatic carbocycles. The first-order valence-electron chi connectivity index (χ1n) is 2.94. The molecule has 0 saturated carbocycles. The van der Waals surface area contributed by atoms with Gasteiger partial charge in [-0.3, -0.25) is 4.90 Å². The predicted octanol–water partition coefficient (Wildman–Crippen LogP) is 2.34. The maximum Gasteiger partial charge on any atom is 0.173 e. The minimum absolute atomic E-state index is 0.246. The van der Waals surface area contributed by atoms with Crippen molar-refractivity contribution in [3.05, 3.63) is 0 Å². The number of nitrogens with zero attached hydrogens (tertiary/aromatic N) is 1. The number of hydrogen-bond acceptors (Lipinski definition) is 1. The van der Waals surface area contributed by atoms with E-state index in [1.54, 1.807) is 4.90 Å². The number of hydrogen-bond donors (Lipinski definition) is 0. The van der Waals surface area contributed by atoms with Crippen LogP contribution in [0.1, 0.15) is 13.8 Å². The molecule has 0 aromatic carbocycles. The van der Waals surface area contributed by atoms with E-state index < -0.39 is 4.46 Å². The Labute approximate surface area is 66.9 Å². The highest BCUT2D eigenvalue weighted by Gasteiger charge is 2.30. The first kappa shape index (κ1) is 9.54. The summed E-state index contributed by atoms with van der Waals surface area (Å²) in [6.07, 6.45) is 0.